The van der Waals surface area contributed by atoms with Crippen LogP contribution in [0.15, 0.2) is 108 Å². The van der Waals surface area contributed by atoms with Crippen LogP contribution in [0.5, 0.6) is 11.5 Å². The summed E-state index contributed by atoms with van der Waals surface area (Å²) < 4.78 is 52.7. The fourth-order valence-corrected chi connectivity index (χ4v) is 7.70. The molecule has 304 valence electrons. The van der Waals surface area contributed by atoms with E-state index in [0.29, 0.717) is 58.3 Å². The van der Waals surface area contributed by atoms with Crippen molar-refractivity contribution in [3.63, 3.8) is 0 Å². The molecule has 8 nitrogen and oxygen atoms in total. The van der Waals surface area contributed by atoms with E-state index in [2.05, 4.69) is 32.0 Å². The summed E-state index contributed by atoms with van der Waals surface area (Å²) >= 11 is 3.47. The van der Waals surface area contributed by atoms with Gasteiger partial charge in [0.2, 0.25) is 0 Å². The average molecular weight is 858 g/mol. The monoisotopic (exact) mass is 856 g/mol. The predicted octanol–water partition coefficient (Wildman–Crippen LogP) is 10.8. The van der Waals surface area contributed by atoms with Crippen molar-refractivity contribution in [2.75, 3.05) is 26.2 Å². The van der Waals surface area contributed by atoms with Crippen LogP contribution in [0.3, 0.4) is 0 Å². The smallest absolute Gasteiger partial charge is 0.416 e. The first-order valence-electron chi connectivity index (χ1n) is 19.5. The second kappa shape index (κ2) is 18.6. The second-order valence-electron chi connectivity index (χ2n) is 15.3. The Morgan fingerprint density at radius 1 is 0.724 bits per heavy atom. The number of hydrogen-bond acceptors (Lipinski definition) is 6. The van der Waals surface area contributed by atoms with Gasteiger partial charge in [-0.05, 0) is 146 Å². The molecule has 12 heteroatoms. The van der Waals surface area contributed by atoms with Gasteiger partial charge in [-0.1, -0.05) is 18.2 Å². The lowest BCUT2D eigenvalue weighted by atomic mass is 9.97. The molecule has 0 spiro atoms. The summed E-state index contributed by atoms with van der Waals surface area (Å²) in [6.07, 6.45) is 4.47. The zero-order valence-corrected chi connectivity index (χ0v) is 34.9. The molecule has 2 aliphatic heterocycles. The maximum Gasteiger partial charge on any atom is 0.416 e. The van der Waals surface area contributed by atoms with Crippen molar-refractivity contribution in [2.45, 2.75) is 77.7 Å². The highest BCUT2D eigenvalue weighted by Crippen LogP contribution is 2.38. The molecular formula is C46H48BrF3N4O4. The minimum absolute atomic E-state index is 0.0579. The van der Waals surface area contributed by atoms with Crippen LogP contribution in [0.1, 0.15) is 95.3 Å². The van der Waals surface area contributed by atoms with Gasteiger partial charge >= 0.3 is 6.18 Å². The molecule has 2 saturated heterocycles. The highest BCUT2D eigenvalue weighted by Gasteiger charge is 2.32. The number of ether oxygens (including phenoxy) is 2. The molecule has 2 unspecified atom stereocenters. The SMILES string of the molecule is CC(C)Oc1cc(C(=O)N2CCC(c3cccnc3)C2)ccc1Br.Cc1cc(-c2ccc(C(=O)N3CCC(c4cccnc4)C3)cc2OC(C)C)cc(C(F)(F)F)c1. The molecule has 7 rings (SSSR count). The van der Waals surface area contributed by atoms with E-state index in [9.17, 15) is 22.8 Å². The molecule has 58 heavy (non-hydrogen) atoms. The molecule has 0 N–H and O–H groups in total. The highest BCUT2D eigenvalue weighted by molar-refractivity contribution is 9.10. The van der Waals surface area contributed by atoms with Gasteiger partial charge in [0.25, 0.3) is 11.8 Å². The summed E-state index contributed by atoms with van der Waals surface area (Å²) in [5.74, 6) is 1.64. The second-order valence-corrected chi connectivity index (χ2v) is 16.2. The molecule has 2 atom stereocenters. The minimum Gasteiger partial charge on any atom is -0.490 e. The number of hydrogen-bond donors (Lipinski definition) is 0. The zero-order valence-electron chi connectivity index (χ0n) is 33.3. The molecule has 0 radical (unpaired) electrons. The molecule has 2 aliphatic rings. The quantitative estimate of drug-likeness (QED) is 0.147. The van der Waals surface area contributed by atoms with Crippen LogP contribution in [0.25, 0.3) is 11.1 Å². The van der Waals surface area contributed by atoms with Gasteiger partial charge in [-0.3, -0.25) is 19.6 Å². The summed E-state index contributed by atoms with van der Waals surface area (Å²) in [5.41, 5.74) is 4.14. The topological polar surface area (TPSA) is 84.9 Å². The van der Waals surface area contributed by atoms with E-state index in [0.717, 1.165) is 48.1 Å². The van der Waals surface area contributed by atoms with E-state index >= 15 is 0 Å². The maximum atomic E-state index is 13.4. The molecule has 5 aromatic rings. The van der Waals surface area contributed by atoms with Gasteiger partial charge in [0.05, 0.1) is 22.2 Å². The number of aryl methyl sites for hydroxylation is 1. The standard InChI is InChI=1S/C27H27F3N2O2.C19H21BrN2O2/c1-17(2)34-25-14-19(26(33)32-10-8-21(16-32)20-5-4-9-31-15-20)6-7-24(25)22-11-18(3)12-23(13-22)27(28,29)30;1-13(2)24-18-10-14(5-6-17(18)20)19(23)22-9-7-16(12-22)15-4-3-8-21-11-15/h4-7,9,11-15,17,21H,8,10,16H2,1-3H3;3-6,8,10-11,13,16H,7,9,12H2,1-2H3. The van der Waals surface area contributed by atoms with Gasteiger partial charge < -0.3 is 19.3 Å². The summed E-state index contributed by atoms with van der Waals surface area (Å²) in [6, 6.07) is 22.4. The van der Waals surface area contributed by atoms with Crippen LogP contribution in [-0.2, 0) is 6.18 Å². The van der Waals surface area contributed by atoms with Gasteiger partial charge in [-0.25, -0.2) is 0 Å². The highest BCUT2D eigenvalue weighted by atomic mass is 79.9. The van der Waals surface area contributed by atoms with Crippen LogP contribution >= 0.6 is 15.9 Å². The first kappa shape index (κ1) is 42.4. The van der Waals surface area contributed by atoms with Gasteiger partial charge in [-0.15, -0.1) is 0 Å². The number of nitrogens with zero attached hydrogens (tertiary/aromatic N) is 4. The lowest BCUT2D eigenvalue weighted by Crippen LogP contribution is -2.28. The minimum atomic E-state index is -4.45. The number of halogens is 4. The summed E-state index contributed by atoms with van der Waals surface area (Å²) in [4.78, 5) is 38.1. The number of carbonyl (C=O) groups excluding carboxylic acids is 2. The number of likely N-dealkylation sites (tertiary alicyclic amines) is 2. The lowest BCUT2D eigenvalue weighted by Gasteiger charge is -2.20. The maximum absolute atomic E-state index is 13.4. The number of amides is 2. The third kappa shape index (κ3) is 10.6. The molecule has 0 saturated carbocycles. The number of rotatable bonds is 9. The average Bonchev–Trinajstić information content (AvgIpc) is 3.90. The van der Waals surface area contributed by atoms with E-state index in [1.807, 2.05) is 81.4 Å². The Hall–Kier alpha value is -5.23. The van der Waals surface area contributed by atoms with E-state index in [-0.39, 0.29) is 29.9 Å². The molecule has 0 aliphatic carbocycles. The first-order valence-corrected chi connectivity index (χ1v) is 20.3. The Labute approximate surface area is 346 Å². The van der Waals surface area contributed by atoms with Crippen molar-refractivity contribution in [1.29, 1.82) is 0 Å². The lowest BCUT2D eigenvalue weighted by molar-refractivity contribution is -0.137. The fraction of sp³-hybridized carbons (Fsp3) is 0.348. The molecule has 2 fully saturated rings. The van der Waals surface area contributed by atoms with Crippen LogP contribution < -0.4 is 9.47 Å². The Bertz CT molecular complexity index is 2200. The summed E-state index contributed by atoms with van der Waals surface area (Å²) in [5, 5.41) is 0. The van der Waals surface area contributed by atoms with Crippen LogP contribution in [0, 0.1) is 6.92 Å². The fourth-order valence-electron chi connectivity index (χ4n) is 7.36. The van der Waals surface area contributed by atoms with Crippen molar-refractivity contribution in [3.8, 4) is 22.6 Å². The molecule has 2 aromatic heterocycles. The van der Waals surface area contributed by atoms with Crippen LogP contribution in [0.2, 0.25) is 0 Å². The Balaban J connectivity index is 0.000000208. The van der Waals surface area contributed by atoms with Gasteiger partial charge in [-0.2, -0.15) is 13.2 Å². The summed E-state index contributed by atoms with van der Waals surface area (Å²) in [6.45, 7) is 12.0. The molecule has 2 amide bonds. The Morgan fingerprint density at radius 2 is 1.24 bits per heavy atom. The van der Waals surface area contributed by atoms with E-state index in [1.165, 1.54) is 5.56 Å². The van der Waals surface area contributed by atoms with Crippen LogP contribution in [0.4, 0.5) is 13.2 Å². The number of carbonyl (C=O) groups is 2. The molecule has 4 heterocycles. The van der Waals surface area contributed by atoms with Crippen molar-refractivity contribution in [3.05, 3.63) is 142 Å². The first-order chi connectivity index (χ1) is 27.7. The van der Waals surface area contributed by atoms with Crippen molar-refractivity contribution < 1.29 is 32.2 Å². The zero-order chi connectivity index (χ0) is 41.6. The third-order valence-electron chi connectivity index (χ3n) is 10.1. The van der Waals surface area contributed by atoms with E-state index in [1.54, 1.807) is 48.5 Å². The van der Waals surface area contributed by atoms with Crippen LogP contribution in [-0.4, -0.2) is 70.0 Å². The number of pyridine rings is 2. The van der Waals surface area contributed by atoms with Gasteiger partial charge in [0.15, 0.2) is 0 Å². The molecule has 3 aromatic carbocycles. The van der Waals surface area contributed by atoms with Crippen molar-refractivity contribution in [1.82, 2.24) is 19.8 Å². The Kier molecular flexibility index (Phi) is 13.6. The van der Waals surface area contributed by atoms with Crippen molar-refractivity contribution in [2.24, 2.45) is 0 Å². The normalized spacial score (nSPS) is 16.7. The molecule has 0 bridgehead atoms. The van der Waals surface area contributed by atoms with E-state index in [4.69, 9.17) is 9.47 Å². The predicted molar refractivity (Wildman–Crippen MR) is 222 cm³/mol. The van der Waals surface area contributed by atoms with Gasteiger partial charge in [0.1, 0.15) is 11.5 Å². The van der Waals surface area contributed by atoms with Gasteiger partial charge in [0, 0.05) is 79.5 Å². The Morgan fingerprint density at radius 3 is 1.74 bits per heavy atom. The number of aromatic nitrogens is 2. The number of alkyl halides is 3. The third-order valence-corrected chi connectivity index (χ3v) is 10.8. The molecular weight excluding hydrogens is 809 g/mol. The van der Waals surface area contributed by atoms with E-state index < -0.39 is 11.7 Å². The largest absolute Gasteiger partial charge is 0.490 e. The summed E-state index contributed by atoms with van der Waals surface area (Å²) in [7, 11) is 0. The van der Waals surface area contributed by atoms with Crippen molar-refractivity contribution >= 4 is 27.7 Å². The number of benzene rings is 3.